The molecule has 0 radical (unpaired) electrons. The molecule has 0 saturated heterocycles. The highest BCUT2D eigenvalue weighted by molar-refractivity contribution is 5.43. The second-order valence-corrected chi connectivity index (χ2v) is 4.53. The van der Waals surface area contributed by atoms with E-state index in [0.717, 1.165) is 18.3 Å². The van der Waals surface area contributed by atoms with E-state index in [1.807, 2.05) is 13.0 Å². The minimum absolute atomic E-state index is 0.424. The summed E-state index contributed by atoms with van der Waals surface area (Å²) < 4.78 is 5.68. The lowest BCUT2D eigenvalue weighted by Crippen LogP contribution is -1.98. The van der Waals surface area contributed by atoms with Crippen molar-refractivity contribution in [2.75, 3.05) is 6.61 Å². The Kier molecular flexibility index (Phi) is 3.33. The molecule has 0 aromatic heterocycles. The zero-order valence-corrected chi connectivity index (χ0v) is 10.2. The topological polar surface area (TPSA) is 9.23 Å². The van der Waals surface area contributed by atoms with Gasteiger partial charge in [-0.2, -0.15) is 0 Å². The Morgan fingerprint density at radius 2 is 2.25 bits per heavy atom. The lowest BCUT2D eigenvalue weighted by molar-refractivity contribution is 0.336. The summed E-state index contributed by atoms with van der Waals surface area (Å²) in [5.74, 6) is 2.23. The van der Waals surface area contributed by atoms with Crippen molar-refractivity contribution in [3.05, 3.63) is 42.0 Å². The molecule has 1 unspecified atom stereocenters. The Morgan fingerprint density at radius 1 is 1.50 bits per heavy atom. The molecule has 1 aromatic rings. The molecule has 0 N–H and O–H groups in total. The molecule has 2 rings (SSSR count). The summed E-state index contributed by atoms with van der Waals surface area (Å²) >= 11 is 0. The van der Waals surface area contributed by atoms with Crippen LogP contribution in [-0.4, -0.2) is 6.61 Å². The minimum atomic E-state index is 0.424. The summed E-state index contributed by atoms with van der Waals surface area (Å²) in [6.07, 6.45) is 4.62. The average molecular weight is 216 g/mol. The molecular weight excluding hydrogens is 196 g/mol. The molecule has 1 aliphatic rings. The Morgan fingerprint density at radius 3 is 2.81 bits per heavy atom. The number of benzene rings is 1. The Bertz CT molecular complexity index is 377. The lowest BCUT2D eigenvalue weighted by Gasteiger charge is -2.13. The monoisotopic (exact) mass is 216 g/mol. The van der Waals surface area contributed by atoms with E-state index in [1.54, 1.807) is 0 Å². The van der Waals surface area contributed by atoms with Gasteiger partial charge in [0, 0.05) is 0 Å². The second kappa shape index (κ2) is 4.73. The van der Waals surface area contributed by atoms with Crippen molar-refractivity contribution in [1.29, 1.82) is 0 Å². The predicted octanol–water partition coefficient (Wildman–Crippen LogP) is 4.25. The zero-order valence-electron chi connectivity index (χ0n) is 10.2. The summed E-state index contributed by atoms with van der Waals surface area (Å²) in [5, 5.41) is 0. The van der Waals surface area contributed by atoms with Crippen LogP contribution in [0.15, 0.2) is 30.9 Å². The van der Waals surface area contributed by atoms with Gasteiger partial charge in [0.15, 0.2) is 0 Å². The van der Waals surface area contributed by atoms with Gasteiger partial charge < -0.3 is 4.74 Å². The fourth-order valence-corrected chi connectivity index (χ4v) is 1.99. The van der Waals surface area contributed by atoms with Gasteiger partial charge in [-0.25, -0.2) is 0 Å². The normalized spacial score (nSPS) is 16.9. The van der Waals surface area contributed by atoms with E-state index in [4.69, 9.17) is 4.74 Å². The number of hydrogen-bond acceptors (Lipinski definition) is 1. The average Bonchev–Trinajstić information content (AvgIpc) is 3.13. The van der Waals surface area contributed by atoms with Crippen LogP contribution in [0.25, 0.3) is 0 Å². The molecule has 16 heavy (non-hydrogen) atoms. The van der Waals surface area contributed by atoms with Gasteiger partial charge in [0.05, 0.1) is 6.61 Å². The van der Waals surface area contributed by atoms with Crippen molar-refractivity contribution in [3.63, 3.8) is 0 Å². The molecule has 0 bridgehead atoms. The first-order chi connectivity index (χ1) is 7.76. The predicted molar refractivity (Wildman–Crippen MR) is 68.2 cm³/mol. The standard InChI is InChI=1S/C15H20O/c1-4-11(3)13-8-9-15(16-5-2)14(10-13)12-6-7-12/h4,8-12H,1,5-7H2,2-3H3. The first kappa shape index (κ1) is 11.3. The Hall–Kier alpha value is -1.24. The van der Waals surface area contributed by atoms with Gasteiger partial charge in [0.2, 0.25) is 0 Å². The minimum Gasteiger partial charge on any atom is -0.494 e. The summed E-state index contributed by atoms with van der Waals surface area (Å²) in [6.45, 7) is 8.82. The lowest BCUT2D eigenvalue weighted by atomic mass is 9.97. The van der Waals surface area contributed by atoms with Crippen LogP contribution >= 0.6 is 0 Å². The van der Waals surface area contributed by atoms with E-state index < -0.39 is 0 Å². The molecule has 1 aromatic carbocycles. The SMILES string of the molecule is C=CC(C)c1ccc(OCC)c(C2CC2)c1. The van der Waals surface area contributed by atoms with Gasteiger partial charge in [0.25, 0.3) is 0 Å². The molecule has 1 nitrogen and oxygen atoms in total. The van der Waals surface area contributed by atoms with Crippen LogP contribution in [0.4, 0.5) is 0 Å². The third kappa shape index (κ3) is 2.29. The first-order valence-electron chi connectivity index (χ1n) is 6.15. The molecule has 1 saturated carbocycles. The van der Waals surface area contributed by atoms with Crippen LogP contribution in [0, 0.1) is 0 Å². The summed E-state index contributed by atoms with van der Waals surface area (Å²) in [4.78, 5) is 0. The molecule has 0 heterocycles. The highest BCUT2D eigenvalue weighted by Gasteiger charge is 2.27. The number of rotatable bonds is 5. The molecule has 1 fully saturated rings. The fraction of sp³-hybridized carbons (Fsp3) is 0.467. The summed E-state index contributed by atoms with van der Waals surface area (Å²) in [5.41, 5.74) is 2.74. The first-order valence-corrected chi connectivity index (χ1v) is 6.15. The van der Waals surface area contributed by atoms with Crippen LogP contribution in [0.5, 0.6) is 5.75 Å². The van der Waals surface area contributed by atoms with Crippen molar-refractivity contribution in [3.8, 4) is 5.75 Å². The van der Waals surface area contributed by atoms with E-state index in [9.17, 15) is 0 Å². The van der Waals surface area contributed by atoms with Gasteiger partial charge in [0.1, 0.15) is 5.75 Å². The van der Waals surface area contributed by atoms with Gasteiger partial charge >= 0.3 is 0 Å². The van der Waals surface area contributed by atoms with Gasteiger partial charge in [-0.05, 0) is 48.8 Å². The zero-order chi connectivity index (χ0) is 11.5. The van der Waals surface area contributed by atoms with E-state index >= 15 is 0 Å². The summed E-state index contributed by atoms with van der Waals surface area (Å²) in [6, 6.07) is 6.57. The van der Waals surface area contributed by atoms with Crippen LogP contribution in [-0.2, 0) is 0 Å². The number of hydrogen-bond donors (Lipinski definition) is 0. The maximum absolute atomic E-state index is 5.68. The van der Waals surface area contributed by atoms with Gasteiger partial charge in [-0.15, -0.1) is 6.58 Å². The van der Waals surface area contributed by atoms with E-state index in [2.05, 4.69) is 31.7 Å². The maximum Gasteiger partial charge on any atom is 0.122 e. The van der Waals surface area contributed by atoms with Gasteiger partial charge in [-0.3, -0.25) is 0 Å². The quantitative estimate of drug-likeness (QED) is 0.668. The van der Waals surface area contributed by atoms with Crippen LogP contribution in [0.3, 0.4) is 0 Å². The maximum atomic E-state index is 5.68. The highest BCUT2D eigenvalue weighted by atomic mass is 16.5. The van der Waals surface area contributed by atoms with Crippen molar-refractivity contribution >= 4 is 0 Å². The fourth-order valence-electron chi connectivity index (χ4n) is 1.99. The molecule has 1 heteroatoms. The van der Waals surface area contributed by atoms with E-state index in [0.29, 0.717) is 5.92 Å². The molecule has 1 aliphatic carbocycles. The number of allylic oxidation sites excluding steroid dienone is 1. The molecule has 86 valence electrons. The molecule has 1 atom stereocenters. The smallest absolute Gasteiger partial charge is 0.122 e. The number of ether oxygens (including phenoxy) is 1. The molecule has 0 spiro atoms. The largest absolute Gasteiger partial charge is 0.494 e. The van der Waals surface area contributed by atoms with Crippen molar-refractivity contribution in [1.82, 2.24) is 0 Å². The molecule has 0 amide bonds. The third-order valence-corrected chi connectivity index (χ3v) is 3.23. The molecule has 0 aliphatic heterocycles. The highest BCUT2D eigenvalue weighted by Crippen LogP contribution is 2.45. The van der Waals surface area contributed by atoms with Crippen molar-refractivity contribution in [2.45, 2.75) is 38.5 Å². The third-order valence-electron chi connectivity index (χ3n) is 3.23. The van der Waals surface area contributed by atoms with Crippen LogP contribution in [0.2, 0.25) is 0 Å². The van der Waals surface area contributed by atoms with Crippen LogP contribution < -0.4 is 4.74 Å². The van der Waals surface area contributed by atoms with Gasteiger partial charge in [-0.1, -0.05) is 25.1 Å². The second-order valence-electron chi connectivity index (χ2n) is 4.53. The van der Waals surface area contributed by atoms with Crippen molar-refractivity contribution in [2.24, 2.45) is 0 Å². The van der Waals surface area contributed by atoms with Crippen molar-refractivity contribution < 1.29 is 4.74 Å². The summed E-state index contributed by atoms with van der Waals surface area (Å²) in [7, 11) is 0. The van der Waals surface area contributed by atoms with E-state index in [1.165, 1.54) is 24.0 Å². The van der Waals surface area contributed by atoms with Crippen LogP contribution in [0.1, 0.15) is 49.7 Å². The molecular formula is C15H20O. The Labute approximate surface area is 98.1 Å². The Balaban J connectivity index is 2.31. The van der Waals surface area contributed by atoms with E-state index in [-0.39, 0.29) is 0 Å².